The third kappa shape index (κ3) is 5.73. The number of hydrogen-bond donors (Lipinski definition) is 2. The number of nitrogens with zero attached hydrogens (tertiary/aromatic N) is 3. The molecule has 2 N–H and O–H groups in total. The third-order valence-electron chi connectivity index (χ3n) is 5.06. The molecule has 4 rings (SSSR count). The molecule has 0 saturated carbocycles. The molecular formula is C24H20N4O8S. The van der Waals surface area contributed by atoms with Gasteiger partial charge in [0, 0.05) is 29.8 Å². The van der Waals surface area contributed by atoms with Crippen LogP contribution >= 0.6 is 11.8 Å². The molecule has 4 aromatic rings. The fourth-order valence-corrected chi connectivity index (χ4v) is 3.99. The summed E-state index contributed by atoms with van der Waals surface area (Å²) in [6.07, 6.45) is 1.31. The van der Waals surface area contributed by atoms with E-state index in [0.29, 0.717) is 34.2 Å². The lowest BCUT2D eigenvalue weighted by molar-refractivity contribution is -0.384. The molecule has 13 heteroatoms. The number of thioether (sulfide) groups is 1. The van der Waals surface area contributed by atoms with E-state index < -0.39 is 10.9 Å². The maximum atomic E-state index is 11.9. The van der Waals surface area contributed by atoms with Crippen molar-refractivity contribution >= 4 is 29.5 Å². The van der Waals surface area contributed by atoms with Gasteiger partial charge < -0.3 is 23.7 Å². The molecule has 190 valence electrons. The average molecular weight is 525 g/mol. The number of H-pyrrole nitrogens is 1. The zero-order chi connectivity index (χ0) is 26.5. The molecule has 2 aromatic heterocycles. The first kappa shape index (κ1) is 25.3. The second-order valence-corrected chi connectivity index (χ2v) is 8.34. The molecule has 0 fully saturated rings. The maximum absolute atomic E-state index is 11.9. The highest BCUT2D eigenvalue weighted by atomic mass is 32.2. The summed E-state index contributed by atoms with van der Waals surface area (Å²) in [4.78, 5) is 26.8. The number of hydrogen-bond acceptors (Lipinski definition) is 10. The van der Waals surface area contributed by atoms with Gasteiger partial charge in [-0.15, -0.1) is 5.10 Å². The smallest absolute Gasteiger partial charge is 0.342 e. The fraction of sp³-hybridized carbons (Fsp3) is 0.125. The molecule has 37 heavy (non-hydrogen) atoms. The third-order valence-corrected chi connectivity index (χ3v) is 5.94. The lowest BCUT2D eigenvalue weighted by Crippen LogP contribution is -1.97. The second kappa shape index (κ2) is 10.9. The molecule has 0 aliphatic rings. The van der Waals surface area contributed by atoms with Crippen molar-refractivity contribution in [3.8, 4) is 40.0 Å². The molecule has 0 radical (unpaired) electrons. The number of nitro groups is 1. The molecule has 0 amide bonds. The van der Waals surface area contributed by atoms with Gasteiger partial charge in [-0.1, -0.05) is 0 Å². The number of methoxy groups -OCH3 is 3. The van der Waals surface area contributed by atoms with E-state index in [2.05, 4.69) is 15.2 Å². The van der Waals surface area contributed by atoms with Gasteiger partial charge in [0.15, 0.2) is 5.82 Å². The molecule has 0 bridgehead atoms. The van der Waals surface area contributed by atoms with Crippen molar-refractivity contribution in [2.75, 3.05) is 21.3 Å². The van der Waals surface area contributed by atoms with E-state index >= 15 is 0 Å². The van der Waals surface area contributed by atoms with E-state index in [-0.39, 0.29) is 27.3 Å². The SMILES string of the molecule is COc1cc(OC)cc(-c2nc(S/C(=C\c3ccc(-c4cc([N+](=O)[O-])ccc4OC)o3)C(=O)O)n[nH]2)c1. The summed E-state index contributed by atoms with van der Waals surface area (Å²) in [5, 5.41) is 27.9. The largest absolute Gasteiger partial charge is 0.497 e. The van der Waals surface area contributed by atoms with Crippen molar-refractivity contribution in [2.24, 2.45) is 0 Å². The zero-order valence-electron chi connectivity index (χ0n) is 19.8. The maximum Gasteiger partial charge on any atom is 0.342 e. The molecule has 12 nitrogen and oxygen atoms in total. The van der Waals surface area contributed by atoms with Crippen LogP contribution in [0.25, 0.3) is 28.8 Å². The molecule has 0 aliphatic heterocycles. The van der Waals surface area contributed by atoms with E-state index in [1.165, 1.54) is 45.6 Å². The van der Waals surface area contributed by atoms with E-state index in [1.54, 1.807) is 30.3 Å². The standard InChI is InChI=1S/C24H20N4O8S/c1-33-16-8-13(9-17(11-16)34-2)22-25-24(27-26-22)37-21(23(29)30)12-15-5-7-20(36-15)18-10-14(28(31)32)4-6-19(18)35-3/h4-12H,1-3H3,(H,29,30)(H,25,26,27)/b21-12-. The average Bonchev–Trinajstić information content (AvgIpc) is 3.57. The summed E-state index contributed by atoms with van der Waals surface area (Å²) in [6, 6.07) is 12.4. The minimum Gasteiger partial charge on any atom is -0.497 e. The van der Waals surface area contributed by atoms with Gasteiger partial charge >= 0.3 is 5.97 Å². The Kier molecular flexibility index (Phi) is 7.44. The first-order valence-corrected chi connectivity index (χ1v) is 11.3. The van der Waals surface area contributed by atoms with Gasteiger partial charge in [-0.05, 0) is 42.1 Å². The summed E-state index contributed by atoms with van der Waals surface area (Å²) in [5.74, 6) is 1.13. The zero-order valence-corrected chi connectivity index (χ0v) is 20.6. The number of rotatable bonds is 10. The van der Waals surface area contributed by atoms with Crippen molar-refractivity contribution in [1.82, 2.24) is 15.2 Å². The van der Waals surface area contributed by atoms with Crippen molar-refractivity contribution < 1.29 is 33.5 Å². The first-order valence-electron chi connectivity index (χ1n) is 10.5. The number of non-ortho nitro benzene ring substituents is 1. The summed E-state index contributed by atoms with van der Waals surface area (Å²) in [6.45, 7) is 0. The van der Waals surface area contributed by atoms with Crippen LogP contribution < -0.4 is 14.2 Å². The molecule has 0 atom stereocenters. The van der Waals surface area contributed by atoms with Crippen LogP contribution in [0.2, 0.25) is 0 Å². The molecule has 2 heterocycles. The number of ether oxygens (including phenoxy) is 3. The first-order chi connectivity index (χ1) is 17.8. The normalized spacial score (nSPS) is 11.3. The highest BCUT2D eigenvalue weighted by molar-refractivity contribution is 8.04. The fourth-order valence-electron chi connectivity index (χ4n) is 3.30. The number of carboxylic acids is 1. The number of nitrogens with one attached hydrogen (secondary N) is 1. The highest BCUT2D eigenvalue weighted by Gasteiger charge is 2.18. The van der Waals surface area contributed by atoms with Crippen LogP contribution in [-0.2, 0) is 4.79 Å². The van der Waals surface area contributed by atoms with Crippen LogP contribution in [0.5, 0.6) is 17.2 Å². The van der Waals surface area contributed by atoms with Gasteiger partial charge in [0.05, 0.1) is 31.8 Å². The number of aliphatic carboxylic acids is 1. The molecule has 0 unspecified atom stereocenters. The second-order valence-electron chi connectivity index (χ2n) is 7.33. The number of aromatic amines is 1. The number of carboxylic acid groups (broad SMARTS) is 1. The highest BCUT2D eigenvalue weighted by Crippen LogP contribution is 2.36. The molecule has 2 aromatic carbocycles. The summed E-state index contributed by atoms with van der Waals surface area (Å²) in [7, 11) is 4.49. The van der Waals surface area contributed by atoms with Gasteiger partial charge in [0.25, 0.3) is 5.69 Å². The van der Waals surface area contributed by atoms with Crippen LogP contribution in [0.15, 0.2) is 63.0 Å². The van der Waals surface area contributed by atoms with E-state index in [9.17, 15) is 20.0 Å². The number of furan rings is 1. The van der Waals surface area contributed by atoms with Crippen molar-refractivity contribution in [3.63, 3.8) is 0 Å². The van der Waals surface area contributed by atoms with Crippen LogP contribution in [0.3, 0.4) is 0 Å². The Morgan fingerprint density at radius 1 is 1.08 bits per heavy atom. The minimum absolute atomic E-state index is 0.110. The summed E-state index contributed by atoms with van der Waals surface area (Å²) >= 11 is 0.818. The summed E-state index contributed by atoms with van der Waals surface area (Å²) in [5.41, 5.74) is 0.853. The van der Waals surface area contributed by atoms with Gasteiger partial charge in [0.1, 0.15) is 33.7 Å². The Morgan fingerprint density at radius 3 is 2.43 bits per heavy atom. The van der Waals surface area contributed by atoms with Gasteiger partial charge in [0.2, 0.25) is 5.16 Å². The lowest BCUT2D eigenvalue weighted by atomic mass is 10.1. The quantitative estimate of drug-likeness (QED) is 0.126. The van der Waals surface area contributed by atoms with Crippen LogP contribution in [0, 0.1) is 10.1 Å². The number of benzene rings is 2. The van der Waals surface area contributed by atoms with E-state index in [0.717, 1.165) is 11.8 Å². The molecular weight excluding hydrogens is 504 g/mol. The topological polar surface area (TPSA) is 163 Å². The van der Waals surface area contributed by atoms with Gasteiger partial charge in [-0.3, -0.25) is 15.2 Å². The predicted molar refractivity (Wildman–Crippen MR) is 134 cm³/mol. The lowest BCUT2D eigenvalue weighted by Gasteiger charge is -2.06. The van der Waals surface area contributed by atoms with Gasteiger partial charge in [-0.2, -0.15) is 0 Å². The Balaban J connectivity index is 1.60. The van der Waals surface area contributed by atoms with E-state index in [4.69, 9.17) is 18.6 Å². The van der Waals surface area contributed by atoms with Crippen LogP contribution in [0.1, 0.15) is 5.76 Å². The predicted octanol–water partition coefficient (Wildman–Crippen LogP) is 4.88. The molecule has 0 aliphatic carbocycles. The molecule has 0 spiro atoms. The Bertz CT molecular complexity index is 1470. The number of nitro benzene ring substituents is 1. The Labute approximate surface area is 214 Å². The summed E-state index contributed by atoms with van der Waals surface area (Å²) < 4.78 is 21.6. The minimum atomic E-state index is -1.22. The number of aromatic nitrogens is 3. The van der Waals surface area contributed by atoms with Crippen LogP contribution in [-0.4, -0.2) is 52.5 Å². The number of carbonyl (C=O) groups is 1. The van der Waals surface area contributed by atoms with Crippen molar-refractivity contribution in [1.29, 1.82) is 0 Å². The monoisotopic (exact) mass is 524 g/mol. The Morgan fingerprint density at radius 2 is 1.81 bits per heavy atom. The van der Waals surface area contributed by atoms with Crippen molar-refractivity contribution in [2.45, 2.75) is 5.16 Å². The van der Waals surface area contributed by atoms with E-state index in [1.807, 2.05) is 0 Å². The van der Waals surface area contributed by atoms with Gasteiger partial charge in [-0.25, -0.2) is 9.78 Å². The molecule has 0 saturated heterocycles. The van der Waals surface area contributed by atoms with Crippen molar-refractivity contribution in [3.05, 3.63) is 69.3 Å². The Hall–Kier alpha value is -4.78. The van der Waals surface area contributed by atoms with Crippen LogP contribution in [0.4, 0.5) is 5.69 Å².